The summed E-state index contributed by atoms with van der Waals surface area (Å²) >= 11 is 0. The van der Waals surface area contributed by atoms with Gasteiger partial charge in [-0.1, -0.05) is 12.1 Å². The summed E-state index contributed by atoms with van der Waals surface area (Å²) in [4.78, 5) is 36.6. The molecule has 8 heteroatoms. The summed E-state index contributed by atoms with van der Waals surface area (Å²) in [5, 5.41) is 3.25. The smallest absolute Gasteiger partial charge is 0.340 e. The number of methoxy groups -OCH3 is 2. The minimum absolute atomic E-state index is 0.181. The number of amides is 2. The molecule has 0 spiro atoms. The van der Waals surface area contributed by atoms with Crippen LogP contribution >= 0.6 is 0 Å². The SMILES string of the molecule is COc1ccc2c(C)c(CC(=O)Nc3ccccc3C(N)=O)c(=O)oc2c1OC. The fourth-order valence-corrected chi connectivity index (χ4v) is 3.13. The van der Waals surface area contributed by atoms with Crippen molar-refractivity contribution in [3.8, 4) is 11.5 Å². The van der Waals surface area contributed by atoms with Crippen molar-refractivity contribution in [2.45, 2.75) is 13.3 Å². The molecule has 0 aliphatic carbocycles. The quantitative estimate of drug-likeness (QED) is 0.617. The number of ether oxygens (including phenoxy) is 2. The van der Waals surface area contributed by atoms with E-state index in [1.54, 1.807) is 37.3 Å². The third-order valence-corrected chi connectivity index (χ3v) is 4.60. The number of nitrogens with two attached hydrogens (primary N) is 1. The number of hydrogen-bond donors (Lipinski definition) is 2. The third-order valence-electron chi connectivity index (χ3n) is 4.60. The van der Waals surface area contributed by atoms with E-state index < -0.39 is 17.4 Å². The number of nitrogens with one attached hydrogen (secondary N) is 1. The average molecular weight is 396 g/mol. The number of carbonyl (C=O) groups is 2. The molecule has 0 aliphatic rings. The van der Waals surface area contributed by atoms with Crippen molar-refractivity contribution in [2.75, 3.05) is 19.5 Å². The molecule has 0 saturated heterocycles. The van der Waals surface area contributed by atoms with Crippen LogP contribution in [0.3, 0.4) is 0 Å². The number of para-hydroxylation sites is 1. The van der Waals surface area contributed by atoms with Crippen LogP contribution in [-0.4, -0.2) is 26.0 Å². The predicted molar refractivity (Wildman–Crippen MR) is 108 cm³/mol. The highest BCUT2D eigenvalue weighted by Crippen LogP contribution is 2.36. The Bertz CT molecular complexity index is 1170. The number of aryl methyl sites for hydroxylation is 1. The summed E-state index contributed by atoms with van der Waals surface area (Å²) in [7, 11) is 2.93. The second kappa shape index (κ2) is 8.05. The van der Waals surface area contributed by atoms with E-state index in [1.165, 1.54) is 20.3 Å². The van der Waals surface area contributed by atoms with Crippen LogP contribution < -0.4 is 26.1 Å². The van der Waals surface area contributed by atoms with E-state index in [9.17, 15) is 14.4 Å². The first-order chi connectivity index (χ1) is 13.9. The molecular formula is C21H20N2O6. The van der Waals surface area contributed by atoms with Crippen LogP contribution in [0.1, 0.15) is 21.5 Å². The predicted octanol–water partition coefficient (Wildman–Crippen LogP) is 2.40. The van der Waals surface area contributed by atoms with Crippen LogP contribution in [0, 0.1) is 6.92 Å². The maximum atomic E-state index is 12.6. The standard InChI is InChI=1S/C21H20N2O6/c1-11-12-8-9-16(27-2)19(28-3)18(12)29-21(26)14(11)10-17(24)23-15-7-5-4-6-13(15)20(22)25/h4-9H,10H2,1-3H3,(H2,22,25)(H,23,24). The summed E-state index contributed by atoms with van der Waals surface area (Å²) < 4.78 is 16.0. The van der Waals surface area contributed by atoms with Crippen LogP contribution in [0.2, 0.25) is 0 Å². The lowest BCUT2D eigenvalue weighted by molar-refractivity contribution is -0.115. The van der Waals surface area contributed by atoms with E-state index in [0.29, 0.717) is 22.4 Å². The number of hydrogen-bond acceptors (Lipinski definition) is 6. The molecule has 0 bridgehead atoms. The number of primary amides is 1. The lowest BCUT2D eigenvalue weighted by atomic mass is 10.0. The molecule has 1 aromatic heterocycles. The lowest BCUT2D eigenvalue weighted by Gasteiger charge is -2.13. The van der Waals surface area contributed by atoms with Gasteiger partial charge < -0.3 is 24.9 Å². The first-order valence-corrected chi connectivity index (χ1v) is 8.73. The zero-order chi connectivity index (χ0) is 21.1. The van der Waals surface area contributed by atoms with Crippen molar-refractivity contribution in [1.29, 1.82) is 0 Å². The van der Waals surface area contributed by atoms with Gasteiger partial charge in [0.05, 0.1) is 37.5 Å². The van der Waals surface area contributed by atoms with Gasteiger partial charge in [0, 0.05) is 5.39 Å². The fraction of sp³-hybridized carbons (Fsp3) is 0.190. The van der Waals surface area contributed by atoms with Crippen LogP contribution in [0.25, 0.3) is 11.0 Å². The first-order valence-electron chi connectivity index (χ1n) is 8.73. The van der Waals surface area contributed by atoms with Gasteiger partial charge >= 0.3 is 5.63 Å². The van der Waals surface area contributed by atoms with E-state index in [-0.39, 0.29) is 28.8 Å². The second-order valence-corrected chi connectivity index (χ2v) is 6.31. The van der Waals surface area contributed by atoms with Crippen molar-refractivity contribution in [3.05, 3.63) is 63.5 Å². The van der Waals surface area contributed by atoms with Gasteiger partial charge in [0.25, 0.3) is 5.91 Å². The molecule has 0 fully saturated rings. The number of carbonyl (C=O) groups excluding carboxylic acids is 2. The van der Waals surface area contributed by atoms with Crippen LogP contribution in [0.15, 0.2) is 45.6 Å². The van der Waals surface area contributed by atoms with Gasteiger partial charge in [0.2, 0.25) is 11.7 Å². The van der Waals surface area contributed by atoms with Crippen molar-refractivity contribution in [1.82, 2.24) is 0 Å². The molecule has 2 amide bonds. The molecular weight excluding hydrogens is 376 g/mol. The highest BCUT2D eigenvalue weighted by molar-refractivity contribution is 6.03. The van der Waals surface area contributed by atoms with E-state index in [0.717, 1.165) is 0 Å². The number of benzene rings is 2. The first kappa shape index (κ1) is 19.9. The summed E-state index contributed by atoms with van der Waals surface area (Å²) in [5.41, 5.74) is 6.18. The normalized spacial score (nSPS) is 10.6. The average Bonchev–Trinajstić information content (AvgIpc) is 2.70. The molecule has 1 heterocycles. The highest BCUT2D eigenvalue weighted by atomic mass is 16.5. The molecule has 2 aromatic carbocycles. The van der Waals surface area contributed by atoms with Crippen molar-refractivity contribution in [2.24, 2.45) is 5.73 Å². The molecule has 0 saturated carbocycles. The molecule has 3 aromatic rings. The molecule has 0 unspecified atom stereocenters. The van der Waals surface area contributed by atoms with Gasteiger partial charge in [0.15, 0.2) is 11.3 Å². The Morgan fingerprint density at radius 2 is 1.83 bits per heavy atom. The van der Waals surface area contributed by atoms with E-state index in [1.807, 2.05) is 0 Å². The zero-order valence-electron chi connectivity index (χ0n) is 16.2. The minimum atomic E-state index is -0.664. The number of anilines is 1. The Balaban J connectivity index is 1.98. The van der Waals surface area contributed by atoms with Crippen molar-refractivity contribution >= 4 is 28.5 Å². The van der Waals surface area contributed by atoms with Gasteiger partial charge in [-0.15, -0.1) is 0 Å². The van der Waals surface area contributed by atoms with Crippen LogP contribution in [0.4, 0.5) is 5.69 Å². The fourth-order valence-electron chi connectivity index (χ4n) is 3.13. The molecule has 0 radical (unpaired) electrons. The second-order valence-electron chi connectivity index (χ2n) is 6.31. The Morgan fingerprint density at radius 1 is 1.10 bits per heavy atom. The van der Waals surface area contributed by atoms with Gasteiger partial charge in [-0.2, -0.15) is 0 Å². The molecule has 0 aliphatic heterocycles. The van der Waals surface area contributed by atoms with Gasteiger partial charge in [0.1, 0.15) is 0 Å². The molecule has 150 valence electrons. The summed E-state index contributed by atoms with van der Waals surface area (Å²) in [5.74, 6) is -0.412. The largest absolute Gasteiger partial charge is 0.493 e. The molecule has 0 atom stereocenters. The third kappa shape index (κ3) is 3.77. The van der Waals surface area contributed by atoms with Crippen molar-refractivity contribution in [3.63, 3.8) is 0 Å². The summed E-state index contributed by atoms with van der Waals surface area (Å²) in [6.07, 6.45) is -0.231. The molecule has 3 rings (SSSR count). The van der Waals surface area contributed by atoms with Gasteiger partial charge in [-0.25, -0.2) is 4.79 Å². The molecule has 3 N–H and O–H groups in total. The van der Waals surface area contributed by atoms with E-state index in [2.05, 4.69) is 5.32 Å². The van der Waals surface area contributed by atoms with Crippen molar-refractivity contribution < 1.29 is 23.5 Å². The molecule has 8 nitrogen and oxygen atoms in total. The van der Waals surface area contributed by atoms with Crippen LogP contribution in [-0.2, 0) is 11.2 Å². The summed E-state index contributed by atoms with van der Waals surface area (Å²) in [6.45, 7) is 1.73. The Morgan fingerprint density at radius 3 is 2.48 bits per heavy atom. The highest BCUT2D eigenvalue weighted by Gasteiger charge is 2.20. The Labute approximate surface area is 166 Å². The molecule has 29 heavy (non-hydrogen) atoms. The lowest BCUT2D eigenvalue weighted by Crippen LogP contribution is -2.22. The minimum Gasteiger partial charge on any atom is -0.493 e. The maximum absolute atomic E-state index is 12.6. The Kier molecular flexibility index (Phi) is 5.54. The van der Waals surface area contributed by atoms with E-state index in [4.69, 9.17) is 19.6 Å². The van der Waals surface area contributed by atoms with E-state index >= 15 is 0 Å². The van der Waals surface area contributed by atoms with Crippen LogP contribution in [0.5, 0.6) is 11.5 Å². The maximum Gasteiger partial charge on any atom is 0.340 e. The monoisotopic (exact) mass is 396 g/mol. The van der Waals surface area contributed by atoms with Gasteiger partial charge in [-0.05, 0) is 36.8 Å². The van der Waals surface area contributed by atoms with Gasteiger partial charge in [-0.3, -0.25) is 9.59 Å². The zero-order valence-corrected chi connectivity index (χ0v) is 16.2. The number of fused-ring (bicyclic) bond motifs is 1. The number of rotatable bonds is 6. The topological polar surface area (TPSA) is 121 Å². The Hall–Kier alpha value is -3.81. The summed E-state index contributed by atoms with van der Waals surface area (Å²) in [6, 6.07) is 9.80.